The summed E-state index contributed by atoms with van der Waals surface area (Å²) in [5, 5.41) is 4.84. The van der Waals surface area contributed by atoms with Gasteiger partial charge in [-0.15, -0.1) is 11.8 Å². The number of amides is 2. The maximum atomic E-state index is 12.9. The zero-order valence-corrected chi connectivity index (χ0v) is 17.6. The average Bonchev–Trinajstić information content (AvgIpc) is 3.37. The Morgan fingerprint density at radius 2 is 1.97 bits per heavy atom. The fourth-order valence-electron chi connectivity index (χ4n) is 3.82. The summed E-state index contributed by atoms with van der Waals surface area (Å²) in [4.78, 5) is 29.6. The SMILES string of the molecule is CC(=O)N1CSC[C@H]1C(=O)NC[C@H](c1ccccc1Cl)c1c[nH]c2ccccc12. The summed E-state index contributed by atoms with van der Waals surface area (Å²) in [6, 6.07) is 15.4. The molecule has 2 aromatic carbocycles. The van der Waals surface area contributed by atoms with Crippen molar-refractivity contribution in [2.75, 3.05) is 18.2 Å². The molecule has 29 heavy (non-hydrogen) atoms. The third kappa shape index (κ3) is 4.00. The number of carbonyl (C=O) groups excluding carboxylic acids is 2. The highest BCUT2D eigenvalue weighted by Crippen LogP contribution is 2.34. The summed E-state index contributed by atoms with van der Waals surface area (Å²) in [6.45, 7) is 1.90. The Balaban J connectivity index is 1.62. The number of para-hydroxylation sites is 1. The van der Waals surface area contributed by atoms with Crippen molar-refractivity contribution in [3.63, 3.8) is 0 Å². The van der Waals surface area contributed by atoms with Gasteiger partial charge in [0.15, 0.2) is 0 Å². The van der Waals surface area contributed by atoms with Gasteiger partial charge in [-0.25, -0.2) is 0 Å². The number of thioether (sulfide) groups is 1. The first kappa shape index (κ1) is 19.9. The van der Waals surface area contributed by atoms with Crippen LogP contribution < -0.4 is 5.32 Å². The highest BCUT2D eigenvalue weighted by atomic mass is 35.5. The van der Waals surface area contributed by atoms with Gasteiger partial charge in [-0.1, -0.05) is 48.0 Å². The lowest BCUT2D eigenvalue weighted by molar-refractivity contribution is -0.136. The number of benzene rings is 2. The average molecular weight is 428 g/mol. The van der Waals surface area contributed by atoms with Crippen LogP contribution in [0.1, 0.15) is 24.0 Å². The van der Waals surface area contributed by atoms with E-state index < -0.39 is 6.04 Å². The number of hydrogen-bond donors (Lipinski definition) is 2. The van der Waals surface area contributed by atoms with Crippen molar-refractivity contribution >= 4 is 46.1 Å². The standard InChI is InChI=1S/C22H22ClN3O2S/c1-14(27)26-13-29-12-21(26)22(28)25-11-17(15-6-2-4-8-19(15)23)18-10-24-20-9-5-3-7-16(18)20/h2-10,17,21,24H,11-13H2,1H3,(H,25,28)/t17-,21+/m1/s1. The molecule has 3 aromatic rings. The Hall–Kier alpha value is -2.44. The highest BCUT2D eigenvalue weighted by molar-refractivity contribution is 7.99. The smallest absolute Gasteiger partial charge is 0.243 e. The maximum Gasteiger partial charge on any atom is 0.243 e. The molecule has 2 amide bonds. The molecule has 4 rings (SSSR count). The predicted molar refractivity (Wildman–Crippen MR) is 118 cm³/mol. The molecule has 0 saturated carbocycles. The molecule has 5 nitrogen and oxygen atoms in total. The fraction of sp³-hybridized carbons (Fsp3) is 0.273. The van der Waals surface area contributed by atoms with Crippen LogP contribution in [0.3, 0.4) is 0 Å². The molecule has 1 saturated heterocycles. The van der Waals surface area contributed by atoms with Crippen LogP contribution in [-0.2, 0) is 9.59 Å². The van der Waals surface area contributed by atoms with Crippen LogP contribution in [0.2, 0.25) is 5.02 Å². The Labute approximate surface area is 178 Å². The van der Waals surface area contributed by atoms with Gasteiger partial charge in [0.05, 0.1) is 5.88 Å². The molecule has 2 heterocycles. The van der Waals surface area contributed by atoms with E-state index in [1.807, 2.05) is 48.7 Å². The quantitative estimate of drug-likeness (QED) is 0.647. The van der Waals surface area contributed by atoms with E-state index >= 15 is 0 Å². The summed E-state index contributed by atoms with van der Waals surface area (Å²) in [7, 11) is 0. The lowest BCUT2D eigenvalue weighted by Gasteiger charge is -2.24. The fourth-order valence-corrected chi connectivity index (χ4v) is 5.30. The summed E-state index contributed by atoms with van der Waals surface area (Å²) in [5.74, 6) is 0.874. The lowest BCUT2D eigenvalue weighted by atomic mass is 9.90. The molecule has 1 aromatic heterocycles. The van der Waals surface area contributed by atoms with Gasteiger partial charge in [0.1, 0.15) is 6.04 Å². The number of fused-ring (bicyclic) bond motifs is 1. The van der Waals surface area contributed by atoms with E-state index in [0.717, 1.165) is 22.0 Å². The summed E-state index contributed by atoms with van der Waals surface area (Å²) < 4.78 is 0. The van der Waals surface area contributed by atoms with Crippen molar-refractivity contribution in [1.82, 2.24) is 15.2 Å². The van der Waals surface area contributed by atoms with Gasteiger partial charge < -0.3 is 15.2 Å². The van der Waals surface area contributed by atoms with Gasteiger partial charge in [0, 0.05) is 47.3 Å². The van der Waals surface area contributed by atoms with Crippen molar-refractivity contribution in [3.8, 4) is 0 Å². The third-order valence-electron chi connectivity index (χ3n) is 5.35. The minimum Gasteiger partial charge on any atom is -0.361 e. The number of aromatic nitrogens is 1. The van der Waals surface area contributed by atoms with Crippen molar-refractivity contribution < 1.29 is 9.59 Å². The normalized spacial score (nSPS) is 17.4. The van der Waals surface area contributed by atoms with Crippen LogP contribution in [0.25, 0.3) is 10.9 Å². The number of carbonyl (C=O) groups is 2. The van der Waals surface area contributed by atoms with Crippen molar-refractivity contribution in [2.45, 2.75) is 18.9 Å². The molecule has 2 atom stereocenters. The Morgan fingerprint density at radius 3 is 2.76 bits per heavy atom. The second-order valence-corrected chi connectivity index (χ2v) is 8.52. The monoisotopic (exact) mass is 427 g/mol. The van der Waals surface area contributed by atoms with Crippen molar-refractivity contribution in [3.05, 3.63) is 70.9 Å². The van der Waals surface area contributed by atoms with E-state index in [9.17, 15) is 9.59 Å². The predicted octanol–water partition coefficient (Wildman–Crippen LogP) is 3.99. The number of nitrogens with zero attached hydrogens (tertiary/aromatic N) is 1. The number of H-pyrrole nitrogens is 1. The topological polar surface area (TPSA) is 65.2 Å². The van der Waals surface area contributed by atoms with Gasteiger partial charge in [0.25, 0.3) is 0 Å². The molecule has 1 fully saturated rings. The van der Waals surface area contributed by atoms with E-state index in [-0.39, 0.29) is 17.7 Å². The zero-order chi connectivity index (χ0) is 20.4. The van der Waals surface area contributed by atoms with E-state index in [0.29, 0.717) is 23.2 Å². The largest absolute Gasteiger partial charge is 0.361 e. The summed E-state index contributed by atoms with van der Waals surface area (Å²) in [5.41, 5.74) is 3.09. The van der Waals surface area contributed by atoms with Crippen LogP contribution >= 0.6 is 23.4 Å². The number of aromatic amines is 1. The number of rotatable bonds is 5. The summed E-state index contributed by atoms with van der Waals surface area (Å²) in [6.07, 6.45) is 1.98. The summed E-state index contributed by atoms with van der Waals surface area (Å²) >= 11 is 8.11. The molecule has 1 aliphatic heterocycles. The Kier molecular flexibility index (Phi) is 5.83. The lowest BCUT2D eigenvalue weighted by Crippen LogP contribution is -2.47. The van der Waals surface area contributed by atoms with Gasteiger partial charge >= 0.3 is 0 Å². The molecule has 0 bridgehead atoms. The first-order valence-corrected chi connectivity index (χ1v) is 11.0. The molecule has 0 aliphatic carbocycles. The molecule has 0 unspecified atom stereocenters. The molecular weight excluding hydrogens is 406 g/mol. The first-order valence-electron chi connectivity index (χ1n) is 9.49. The van der Waals surface area contributed by atoms with Crippen LogP contribution in [0.15, 0.2) is 54.7 Å². The molecule has 1 aliphatic rings. The van der Waals surface area contributed by atoms with Crippen LogP contribution in [0.4, 0.5) is 0 Å². The van der Waals surface area contributed by atoms with Crippen LogP contribution in [0, 0.1) is 0 Å². The molecule has 0 radical (unpaired) electrons. The van der Waals surface area contributed by atoms with Gasteiger partial charge in [-0.05, 0) is 23.3 Å². The minimum absolute atomic E-state index is 0.0746. The first-order chi connectivity index (χ1) is 14.1. The molecular formula is C22H22ClN3O2S. The Bertz CT molecular complexity index is 1050. The third-order valence-corrected chi connectivity index (χ3v) is 6.70. The van der Waals surface area contributed by atoms with E-state index in [1.165, 1.54) is 6.92 Å². The number of halogens is 1. The van der Waals surface area contributed by atoms with Gasteiger partial charge in [-0.3, -0.25) is 9.59 Å². The van der Waals surface area contributed by atoms with Gasteiger partial charge in [0.2, 0.25) is 11.8 Å². The van der Waals surface area contributed by atoms with E-state index in [1.54, 1.807) is 16.7 Å². The van der Waals surface area contributed by atoms with E-state index in [2.05, 4.69) is 16.4 Å². The minimum atomic E-state index is -0.424. The second-order valence-electron chi connectivity index (χ2n) is 7.11. The van der Waals surface area contributed by atoms with E-state index in [4.69, 9.17) is 11.6 Å². The molecule has 7 heteroatoms. The molecule has 0 spiro atoms. The van der Waals surface area contributed by atoms with Crippen LogP contribution in [0.5, 0.6) is 0 Å². The second kappa shape index (κ2) is 8.51. The number of nitrogens with one attached hydrogen (secondary N) is 2. The van der Waals surface area contributed by atoms with Crippen molar-refractivity contribution in [1.29, 1.82) is 0 Å². The highest BCUT2D eigenvalue weighted by Gasteiger charge is 2.33. The molecule has 150 valence electrons. The van der Waals surface area contributed by atoms with Crippen molar-refractivity contribution in [2.24, 2.45) is 0 Å². The van der Waals surface area contributed by atoms with Crippen LogP contribution in [-0.4, -0.2) is 45.9 Å². The molecule has 2 N–H and O–H groups in total. The zero-order valence-electron chi connectivity index (χ0n) is 16.0. The number of hydrogen-bond acceptors (Lipinski definition) is 3. The Morgan fingerprint density at radius 1 is 1.21 bits per heavy atom. The van der Waals surface area contributed by atoms with Gasteiger partial charge in [-0.2, -0.15) is 0 Å². The maximum absolute atomic E-state index is 12.9.